The van der Waals surface area contributed by atoms with E-state index in [-0.39, 0.29) is 5.91 Å². The maximum Gasteiger partial charge on any atom is 0.259 e. The Hall–Kier alpha value is -3.40. The van der Waals surface area contributed by atoms with Crippen LogP contribution in [0.3, 0.4) is 0 Å². The number of hydrogen-bond acceptors (Lipinski definition) is 3. The zero-order chi connectivity index (χ0) is 17.1. The van der Waals surface area contributed by atoms with E-state index in [9.17, 15) is 4.79 Å². The maximum atomic E-state index is 13.4. The molecule has 0 atom stereocenters. The van der Waals surface area contributed by atoms with E-state index in [0.717, 1.165) is 22.2 Å². The van der Waals surface area contributed by atoms with Crippen molar-refractivity contribution < 1.29 is 9.21 Å². The molecule has 1 amide bonds. The predicted molar refractivity (Wildman–Crippen MR) is 97.4 cm³/mol. The van der Waals surface area contributed by atoms with Crippen LogP contribution in [0.15, 0.2) is 89.9 Å². The van der Waals surface area contributed by atoms with Crippen LogP contribution in [-0.4, -0.2) is 10.9 Å². The summed E-state index contributed by atoms with van der Waals surface area (Å²) in [7, 11) is 0. The molecule has 4 rings (SSSR count). The van der Waals surface area contributed by atoms with Crippen LogP contribution < -0.4 is 4.90 Å². The van der Waals surface area contributed by atoms with Crippen LogP contribution in [0.2, 0.25) is 0 Å². The van der Waals surface area contributed by atoms with Crippen molar-refractivity contribution in [2.24, 2.45) is 0 Å². The first-order chi connectivity index (χ1) is 12.3. The van der Waals surface area contributed by atoms with E-state index in [4.69, 9.17) is 4.42 Å². The highest BCUT2D eigenvalue weighted by atomic mass is 16.3. The molecule has 0 unspecified atom stereocenters. The van der Waals surface area contributed by atoms with Crippen molar-refractivity contribution in [1.29, 1.82) is 0 Å². The van der Waals surface area contributed by atoms with Gasteiger partial charge in [0.1, 0.15) is 0 Å². The van der Waals surface area contributed by atoms with Crippen LogP contribution in [-0.2, 0) is 6.54 Å². The summed E-state index contributed by atoms with van der Waals surface area (Å²) in [5, 5.41) is 0.850. The number of anilines is 1. The number of rotatable bonds is 4. The molecule has 0 saturated carbocycles. The van der Waals surface area contributed by atoms with E-state index in [1.54, 1.807) is 29.7 Å². The van der Waals surface area contributed by atoms with Crippen LogP contribution in [0.1, 0.15) is 15.9 Å². The van der Waals surface area contributed by atoms with Crippen molar-refractivity contribution in [3.05, 3.63) is 96.6 Å². The first-order valence-corrected chi connectivity index (χ1v) is 8.05. The zero-order valence-electron chi connectivity index (χ0n) is 13.5. The standard InChI is InChI=1S/C21H16N2O2/c24-21(19-10-12-22-20-9-5-4-8-18(19)20)23(14-16-11-13-25-15-16)17-6-2-1-3-7-17/h1-13,15H,14H2. The lowest BCUT2D eigenvalue weighted by Gasteiger charge is -2.23. The van der Waals surface area contributed by atoms with Crippen LogP contribution in [0, 0.1) is 0 Å². The third-order valence-electron chi connectivity index (χ3n) is 4.11. The Morgan fingerprint density at radius 2 is 1.76 bits per heavy atom. The highest BCUT2D eigenvalue weighted by molar-refractivity contribution is 6.13. The molecule has 2 aromatic heterocycles. The van der Waals surface area contributed by atoms with Gasteiger partial charge >= 0.3 is 0 Å². The third-order valence-corrected chi connectivity index (χ3v) is 4.11. The summed E-state index contributed by atoms with van der Waals surface area (Å²) in [6, 6.07) is 21.0. The van der Waals surface area contributed by atoms with Gasteiger partial charge in [0.25, 0.3) is 5.91 Å². The van der Waals surface area contributed by atoms with Gasteiger partial charge in [0.15, 0.2) is 0 Å². The minimum atomic E-state index is -0.0639. The van der Waals surface area contributed by atoms with E-state index < -0.39 is 0 Å². The summed E-state index contributed by atoms with van der Waals surface area (Å²) in [4.78, 5) is 19.5. The van der Waals surface area contributed by atoms with Gasteiger partial charge in [-0.3, -0.25) is 9.78 Å². The molecule has 122 valence electrons. The van der Waals surface area contributed by atoms with Gasteiger partial charge < -0.3 is 9.32 Å². The Kier molecular flexibility index (Phi) is 4.01. The van der Waals surface area contributed by atoms with Crippen molar-refractivity contribution in [1.82, 2.24) is 4.98 Å². The predicted octanol–water partition coefficient (Wildman–Crippen LogP) is 4.67. The molecule has 0 radical (unpaired) electrons. The molecule has 0 spiro atoms. The van der Waals surface area contributed by atoms with Crippen LogP contribution in [0.5, 0.6) is 0 Å². The number of furan rings is 1. The minimum Gasteiger partial charge on any atom is -0.472 e. The molecule has 0 bridgehead atoms. The lowest BCUT2D eigenvalue weighted by Crippen LogP contribution is -2.30. The number of aromatic nitrogens is 1. The number of benzene rings is 2. The molecule has 0 N–H and O–H groups in total. The second-order valence-electron chi connectivity index (χ2n) is 5.73. The van der Waals surface area contributed by atoms with E-state index in [1.165, 1.54) is 0 Å². The molecule has 0 saturated heterocycles. The molecule has 25 heavy (non-hydrogen) atoms. The number of carbonyl (C=O) groups excluding carboxylic acids is 1. The minimum absolute atomic E-state index is 0.0639. The first-order valence-electron chi connectivity index (χ1n) is 8.05. The fraction of sp³-hybridized carbons (Fsp3) is 0.0476. The second-order valence-corrected chi connectivity index (χ2v) is 5.73. The molecule has 2 heterocycles. The summed E-state index contributed by atoms with van der Waals surface area (Å²) >= 11 is 0. The largest absolute Gasteiger partial charge is 0.472 e. The molecule has 4 heteroatoms. The number of hydrogen-bond donors (Lipinski definition) is 0. The van der Waals surface area contributed by atoms with Crippen molar-refractivity contribution >= 4 is 22.5 Å². The van der Waals surface area contributed by atoms with Crippen molar-refractivity contribution in [2.45, 2.75) is 6.54 Å². The number of para-hydroxylation sites is 2. The smallest absolute Gasteiger partial charge is 0.259 e. The average molecular weight is 328 g/mol. The fourth-order valence-electron chi connectivity index (χ4n) is 2.88. The third kappa shape index (κ3) is 3.02. The van der Waals surface area contributed by atoms with E-state index in [1.807, 2.05) is 60.7 Å². The maximum absolute atomic E-state index is 13.4. The van der Waals surface area contributed by atoms with E-state index in [2.05, 4.69) is 4.98 Å². The first kappa shape index (κ1) is 15.1. The van der Waals surface area contributed by atoms with Crippen LogP contribution >= 0.6 is 0 Å². The summed E-state index contributed by atoms with van der Waals surface area (Å²) < 4.78 is 5.16. The number of amides is 1. The van der Waals surface area contributed by atoms with Gasteiger partial charge in [0, 0.05) is 22.8 Å². The molecule has 4 nitrogen and oxygen atoms in total. The van der Waals surface area contributed by atoms with E-state index >= 15 is 0 Å². The van der Waals surface area contributed by atoms with E-state index in [0.29, 0.717) is 12.1 Å². The molecule has 4 aromatic rings. The molecule has 2 aromatic carbocycles. The topological polar surface area (TPSA) is 46.3 Å². The Labute approximate surface area is 145 Å². The number of fused-ring (bicyclic) bond motifs is 1. The van der Waals surface area contributed by atoms with Gasteiger partial charge in [-0.2, -0.15) is 0 Å². The highest BCUT2D eigenvalue weighted by Crippen LogP contribution is 2.23. The fourth-order valence-corrected chi connectivity index (χ4v) is 2.88. The Balaban J connectivity index is 1.79. The second kappa shape index (κ2) is 6.61. The molecular formula is C21H16N2O2. The van der Waals surface area contributed by atoms with Crippen molar-refractivity contribution in [3.63, 3.8) is 0 Å². The monoisotopic (exact) mass is 328 g/mol. The van der Waals surface area contributed by atoms with Crippen molar-refractivity contribution in [2.75, 3.05) is 4.90 Å². The van der Waals surface area contributed by atoms with Gasteiger partial charge in [-0.05, 0) is 30.3 Å². The molecule has 0 aliphatic rings. The highest BCUT2D eigenvalue weighted by Gasteiger charge is 2.20. The number of carbonyl (C=O) groups is 1. The molecule has 0 aliphatic heterocycles. The molecular weight excluding hydrogens is 312 g/mol. The summed E-state index contributed by atoms with van der Waals surface area (Å²) in [6.07, 6.45) is 4.95. The van der Waals surface area contributed by atoms with Gasteiger partial charge in [-0.15, -0.1) is 0 Å². The number of pyridine rings is 1. The van der Waals surface area contributed by atoms with Gasteiger partial charge in [-0.1, -0.05) is 36.4 Å². The normalized spacial score (nSPS) is 10.7. The average Bonchev–Trinajstić information content (AvgIpc) is 3.19. The molecule has 0 aliphatic carbocycles. The van der Waals surface area contributed by atoms with Gasteiger partial charge in [0.05, 0.1) is 30.2 Å². The summed E-state index contributed by atoms with van der Waals surface area (Å²) in [5.41, 5.74) is 3.23. The number of nitrogens with zero attached hydrogens (tertiary/aromatic N) is 2. The Bertz CT molecular complexity index is 990. The van der Waals surface area contributed by atoms with Crippen molar-refractivity contribution in [3.8, 4) is 0 Å². The quantitative estimate of drug-likeness (QED) is 0.547. The Morgan fingerprint density at radius 3 is 2.56 bits per heavy atom. The lowest BCUT2D eigenvalue weighted by atomic mass is 10.1. The molecule has 0 fully saturated rings. The lowest BCUT2D eigenvalue weighted by molar-refractivity contribution is 0.0986. The summed E-state index contributed by atoms with van der Waals surface area (Å²) in [6.45, 7) is 0.440. The zero-order valence-corrected chi connectivity index (χ0v) is 13.5. The van der Waals surface area contributed by atoms with Crippen LogP contribution in [0.25, 0.3) is 10.9 Å². The summed E-state index contributed by atoms with van der Waals surface area (Å²) in [5.74, 6) is -0.0639. The SMILES string of the molecule is O=C(c1ccnc2ccccc12)N(Cc1ccoc1)c1ccccc1. The van der Waals surface area contributed by atoms with Gasteiger partial charge in [0.2, 0.25) is 0 Å². The Morgan fingerprint density at radius 1 is 0.960 bits per heavy atom. The van der Waals surface area contributed by atoms with Gasteiger partial charge in [-0.25, -0.2) is 0 Å². The van der Waals surface area contributed by atoms with Crippen LogP contribution in [0.4, 0.5) is 5.69 Å².